The van der Waals surface area contributed by atoms with E-state index in [9.17, 15) is 9.59 Å². The van der Waals surface area contributed by atoms with Crippen molar-refractivity contribution in [3.05, 3.63) is 0 Å². The fourth-order valence-electron chi connectivity index (χ4n) is 2.32. The summed E-state index contributed by atoms with van der Waals surface area (Å²) >= 11 is 0. The van der Waals surface area contributed by atoms with Crippen molar-refractivity contribution in [3.63, 3.8) is 0 Å². The monoisotopic (exact) mass is 298 g/mol. The van der Waals surface area contributed by atoms with E-state index >= 15 is 0 Å². The van der Waals surface area contributed by atoms with E-state index in [1.165, 1.54) is 11.3 Å². The number of rotatable bonds is 2. The van der Waals surface area contributed by atoms with Gasteiger partial charge in [0.1, 0.15) is 0 Å². The number of hydrogen-bond acceptors (Lipinski definition) is 3. The standard InChI is InChI=1S/C14H26N4O3/c1-5-21-14(20)16-12(17(2)3)18(4)13(19)15-11-9-7-6-8-10-11/h11H,5-10H2,1-4H3,(H,15,19). The summed E-state index contributed by atoms with van der Waals surface area (Å²) in [6.07, 6.45) is 4.84. The van der Waals surface area contributed by atoms with Gasteiger partial charge < -0.3 is 15.0 Å². The Kier molecular flexibility index (Phi) is 6.98. The summed E-state index contributed by atoms with van der Waals surface area (Å²) in [4.78, 5) is 30.5. The van der Waals surface area contributed by atoms with Crippen molar-refractivity contribution >= 4 is 18.1 Å². The van der Waals surface area contributed by atoms with E-state index in [0.717, 1.165) is 25.7 Å². The van der Waals surface area contributed by atoms with Crippen LogP contribution in [0.4, 0.5) is 9.59 Å². The normalized spacial score (nSPS) is 16.3. The van der Waals surface area contributed by atoms with Crippen LogP contribution in [0.3, 0.4) is 0 Å². The molecular formula is C14H26N4O3. The number of nitrogens with one attached hydrogen (secondary N) is 1. The maximum Gasteiger partial charge on any atom is 0.436 e. The van der Waals surface area contributed by atoms with Crippen molar-refractivity contribution in [1.29, 1.82) is 0 Å². The summed E-state index contributed by atoms with van der Waals surface area (Å²) in [5, 5.41) is 2.99. The number of nitrogens with zero attached hydrogens (tertiary/aromatic N) is 3. The Hall–Kier alpha value is -1.79. The van der Waals surface area contributed by atoms with Crippen LogP contribution in [0.1, 0.15) is 39.0 Å². The first-order chi connectivity index (χ1) is 9.95. The van der Waals surface area contributed by atoms with Crippen LogP contribution < -0.4 is 5.32 Å². The molecule has 0 aromatic heterocycles. The van der Waals surface area contributed by atoms with Crippen LogP contribution in [0.15, 0.2) is 4.99 Å². The average molecular weight is 298 g/mol. The summed E-state index contributed by atoms with van der Waals surface area (Å²) in [6, 6.07) is -0.0432. The topological polar surface area (TPSA) is 74.2 Å². The number of aliphatic imine (C=N–C) groups is 1. The van der Waals surface area contributed by atoms with E-state index in [0.29, 0.717) is 0 Å². The highest BCUT2D eigenvalue weighted by atomic mass is 16.5. The Morgan fingerprint density at radius 3 is 2.33 bits per heavy atom. The summed E-state index contributed by atoms with van der Waals surface area (Å²) in [6.45, 7) is 1.96. The number of amides is 3. The lowest BCUT2D eigenvalue weighted by molar-refractivity contribution is 0.162. The molecular weight excluding hydrogens is 272 g/mol. The Morgan fingerprint density at radius 2 is 1.81 bits per heavy atom. The third-order valence-corrected chi connectivity index (χ3v) is 3.40. The van der Waals surface area contributed by atoms with Crippen LogP contribution in [-0.4, -0.2) is 61.7 Å². The molecule has 1 saturated carbocycles. The number of hydrogen-bond donors (Lipinski definition) is 1. The third kappa shape index (κ3) is 5.61. The van der Waals surface area contributed by atoms with Gasteiger partial charge in [0.15, 0.2) is 0 Å². The highest BCUT2D eigenvalue weighted by Gasteiger charge is 2.22. The fourth-order valence-corrected chi connectivity index (χ4v) is 2.32. The molecule has 1 fully saturated rings. The molecule has 0 spiro atoms. The lowest BCUT2D eigenvalue weighted by Crippen LogP contribution is -2.50. The van der Waals surface area contributed by atoms with Crippen LogP contribution in [0, 0.1) is 0 Å². The van der Waals surface area contributed by atoms with Crippen molar-refractivity contribution in [2.45, 2.75) is 45.1 Å². The molecule has 0 heterocycles. The number of urea groups is 1. The van der Waals surface area contributed by atoms with Gasteiger partial charge >= 0.3 is 12.1 Å². The second kappa shape index (κ2) is 8.49. The zero-order valence-electron chi connectivity index (χ0n) is 13.4. The first kappa shape index (κ1) is 17.3. The predicted molar refractivity (Wildman–Crippen MR) is 81.3 cm³/mol. The number of carbonyl (C=O) groups excluding carboxylic acids is 2. The minimum atomic E-state index is -0.696. The van der Waals surface area contributed by atoms with Gasteiger partial charge in [-0.25, -0.2) is 9.59 Å². The zero-order valence-corrected chi connectivity index (χ0v) is 13.4. The predicted octanol–water partition coefficient (Wildman–Crippen LogP) is 2.03. The van der Waals surface area contributed by atoms with E-state index < -0.39 is 6.09 Å². The summed E-state index contributed by atoms with van der Waals surface area (Å²) < 4.78 is 4.79. The molecule has 0 aliphatic heterocycles. The van der Waals surface area contributed by atoms with Crippen LogP contribution >= 0.6 is 0 Å². The second-order valence-electron chi connectivity index (χ2n) is 5.35. The molecule has 120 valence electrons. The van der Waals surface area contributed by atoms with Gasteiger partial charge in [-0.15, -0.1) is 4.99 Å². The number of carbonyl (C=O) groups is 2. The fraction of sp³-hybridized carbons (Fsp3) is 0.786. The molecule has 0 radical (unpaired) electrons. The van der Waals surface area contributed by atoms with Crippen LogP contribution in [0.2, 0.25) is 0 Å². The highest BCUT2D eigenvalue weighted by molar-refractivity contribution is 5.99. The molecule has 1 aliphatic rings. The lowest BCUT2D eigenvalue weighted by atomic mass is 9.96. The Balaban J connectivity index is 2.68. The third-order valence-electron chi connectivity index (χ3n) is 3.40. The van der Waals surface area contributed by atoms with Crippen molar-refractivity contribution in [2.24, 2.45) is 4.99 Å². The number of ether oxygens (including phenoxy) is 1. The molecule has 1 rings (SSSR count). The summed E-state index contributed by atoms with van der Waals surface area (Å²) in [5.41, 5.74) is 0. The first-order valence-corrected chi connectivity index (χ1v) is 7.42. The molecule has 21 heavy (non-hydrogen) atoms. The summed E-state index contributed by atoms with van der Waals surface area (Å²) in [7, 11) is 5.04. The Labute approximate surface area is 126 Å². The van der Waals surface area contributed by atoms with E-state index in [-0.39, 0.29) is 24.6 Å². The molecule has 7 nitrogen and oxygen atoms in total. The van der Waals surface area contributed by atoms with E-state index in [4.69, 9.17) is 4.74 Å². The van der Waals surface area contributed by atoms with Crippen LogP contribution in [0.25, 0.3) is 0 Å². The molecule has 0 aromatic carbocycles. The largest absolute Gasteiger partial charge is 0.448 e. The van der Waals surface area contributed by atoms with E-state index in [1.807, 2.05) is 0 Å². The molecule has 1 aliphatic carbocycles. The molecule has 0 bridgehead atoms. The molecule has 0 saturated heterocycles. The van der Waals surface area contributed by atoms with Gasteiger partial charge in [-0.1, -0.05) is 19.3 Å². The zero-order chi connectivity index (χ0) is 15.8. The molecule has 3 amide bonds. The van der Waals surface area contributed by atoms with Crippen LogP contribution in [0.5, 0.6) is 0 Å². The van der Waals surface area contributed by atoms with Crippen molar-refractivity contribution in [1.82, 2.24) is 15.1 Å². The van der Waals surface area contributed by atoms with Crippen LogP contribution in [-0.2, 0) is 4.74 Å². The quantitative estimate of drug-likeness (QED) is 0.625. The maximum atomic E-state index is 12.3. The van der Waals surface area contributed by atoms with Crippen molar-refractivity contribution in [3.8, 4) is 0 Å². The number of guanidine groups is 1. The highest BCUT2D eigenvalue weighted by Crippen LogP contribution is 2.17. The summed E-state index contributed by atoms with van der Waals surface area (Å²) in [5.74, 6) is 0.252. The van der Waals surface area contributed by atoms with Gasteiger partial charge in [0.05, 0.1) is 6.61 Å². The van der Waals surface area contributed by atoms with E-state index in [1.54, 1.807) is 33.0 Å². The van der Waals surface area contributed by atoms with Gasteiger partial charge in [-0.2, -0.15) is 0 Å². The van der Waals surface area contributed by atoms with Gasteiger partial charge in [-0.3, -0.25) is 4.90 Å². The van der Waals surface area contributed by atoms with Crippen molar-refractivity contribution < 1.29 is 14.3 Å². The van der Waals surface area contributed by atoms with E-state index in [2.05, 4.69) is 10.3 Å². The Bertz CT molecular complexity index is 390. The van der Waals surface area contributed by atoms with Gasteiger partial charge in [-0.05, 0) is 19.8 Å². The Morgan fingerprint density at radius 1 is 1.19 bits per heavy atom. The average Bonchev–Trinajstić information content (AvgIpc) is 2.45. The molecule has 1 N–H and O–H groups in total. The first-order valence-electron chi connectivity index (χ1n) is 7.42. The molecule has 0 atom stereocenters. The molecule has 7 heteroatoms. The smallest absolute Gasteiger partial charge is 0.436 e. The minimum Gasteiger partial charge on any atom is -0.448 e. The SMILES string of the molecule is CCOC(=O)N=C(N(C)C)N(C)C(=O)NC1CCCCC1. The van der Waals surface area contributed by atoms with Gasteiger partial charge in [0, 0.05) is 27.2 Å². The second-order valence-corrected chi connectivity index (χ2v) is 5.35. The maximum absolute atomic E-state index is 12.3. The molecule has 0 aromatic rings. The van der Waals surface area contributed by atoms with Gasteiger partial charge in [0.2, 0.25) is 5.96 Å². The lowest BCUT2D eigenvalue weighted by Gasteiger charge is -2.28. The van der Waals surface area contributed by atoms with Gasteiger partial charge in [0.25, 0.3) is 0 Å². The van der Waals surface area contributed by atoms with Crippen molar-refractivity contribution in [2.75, 3.05) is 27.7 Å². The molecule has 0 unspecified atom stereocenters. The minimum absolute atomic E-state index is 0.208.